The van der Waals surface area contributed by atoms with Gasteiger partial charge in [0.1, 0.15) is 6.61 Å². The molecule has 0 aliphatic carbocycles. The van der Waals surface area contributed by atoms with Crippen LogP contribution in [0.2, 0.25) is 0 Å². The Bertz CT molecular complexity index is 945. The predicted octanol–water partition coefficient (Wildman–Crippen LogP) is 5.08. The van der Waals surface area contributed by atoms with Crippen molar-refractivity contribution in [1.29, 1.82) is 0 Å². The first kappa shape index (κ1) is 24.2. The van der Waals surface area contributed by atoms with Crippen LogP contribution in [-0.4, -0.2) is 22.6 Å². The van der Waals surface area contributed by atoms with E-state index in [1.54, 1.807) is 0 Å². The molecule has 4 N–H and O–H groups in total. The van der Waals surface area contributed by atoms with Crippen molar-refractivity contribution in [2.24, 2.45) is 11.7 Å². The van der Waals surface area contributed by atoms with Crippen molar-refractivity contribution in [2.75, 3.05) is 5.32 Å². The first-order valence-electron chi connectivity index (χ1n) is 10.5. The highest BCUT2D eigenvalue weighted by Crippen LogP contribution is 2.36. The average Bonchev–Trinajstić information content (AvgIpc) is 2.61. The molecule has 0 radical (unpaired) electrons. The number of rotatable bonds is 6. The molecule has 0 spiro atoms. The summed E-state index contributed by atoms with van der Waals surface area (Å²) in [6.07, 6.45) is 0.193. The van der Waals surface area contributed by atoms with E-state index in [0.29, 0.717) is 23.7 Å². The molecule has 0 bridgehead atoms. The van der Waals surface area contributed by atoms with Gasteiger partial charge in [-0.05, 0) is 52.5 Å². The number of nitrogens with zero attached hydrogens (tertiary/aromatic N) is 1. The Kier molecular flexibility index (Phi) is 7.65. The number of benzene rings is 1. The fourth-order valence-corrected chi connectivity index (χ4v) is 3.31. The molecule has 7 nitrogen and oxygen atoms in total. The van der Waals surface area contributed by atoms with Crippen LogP contribution in [0.1, 0.15) is 57.1 Å². The Morgan fingerprint density at radius 1 is 1.13 bits per heavy atom. The predicted molar refractivity (Wildman–Crippen MR) is 124 cm³/mol. The highest BCUT2D eigenvalue weighted by atomic mass is 16.5. The number of hydrogen-bond donors (Lipinski definition) is 3. The van der Waals surface area contributed by atoms with E-state index in [-0.39, 0.29) is 6.61 Å². The van der Waals surface area contributed by atoms with Crippen molar-refractivity contribution in [3.63, 3.8) is 0 Å². The summed E-state index contributed by atoms with van der Waals surface area (Å²) in [5.41, 5.74) is 10.6. The molecule has 2 aromatic rings. The maximum absolute atomic E-state index is 12.3. The topological polar surface area (TPSA) is 106 Å². The lowest BCUT2D eigenvalue weighted by molar-refractivity contribution is 0.131. The largest absolute Gasteiger partial charge is 0.445 e. The van der Waals surface area contributed by atoms with E-state index in [1.165, 1.54) is 0 Å². The van der Waals surface area contributed by atoms with Crippen LogP contribution in [0.3, 0.4) is 0 Å². The quantitative estimate of drug-likeness (QED) is 0.599. The zero-order chi connectivity index (χ0) is 23.3. The van der Waals surface area contributed by atoms with Gasteiger partial charge in [0, 0.05) is 22.4 Å². The number of carbonyl (C=O) groups excluding carboxylic acids is 2. The van der Waals surface area contributed by atoms with Crippen LogP contribution in [0, 0.1) is 19.8 Å². The normalized spacial score (nSPS) is 11.4. The molecule has 1 aromatic heterocycles. The van der Waals surface area contributed by atoms with Gasteiger partial charge >= 0.3 is 12.1 Å². The zero-order valence-corrected chi connectivity index (χ0v) is 19.6. The van der Waals surface area contributed by atoms with E-state index in [9.17, 15) is 9.59 Å². The smallest absolute Gasteiger partial charge is 0.407 e. The van der Waals surface area contributed by atoms with Gasteiger partial charge in [-0.15, -0.1) is 0 Å². The molecule has 0 fully saturated rings. The highest BCUT2D eigenvalue weighted by Gasteiger charge is 2.23. The number of nitrogens with one attached hydrogen (secondary N) is 2. The fourth-order valence-electron chi connectivity index (χ4n) is 3.31. The summed E-state index contributed by atoms with van der Waals surface area (Å²) in [6, 6.07) is 7.28. The SMILES string of the molecule is Cc1ccc(-c2c(COC(=O)NC(C)(C)C)c(CC(C)C)nc(C)c2NC(N)=O)cc1. The van der Waals surface area contributed by atoms with Gasteiger partial charge in [0.15, 0.2) is 0 Å². The number of alkyl carbamates (subject to hydrolysis) is 1. The standard InChI is InChI=1S/C24H34N4O3/c1-14(2)12-19-18(13-31-23(30)28-24(5,6)7)20(17-10-8-15(3)9-11-17)21(16(4)26-19)27-22(25)29/h8-11,14H,12-13H2,1-7H3,(H,28,30)(H3,25,27,29). The van der Waals surface area contributed by atoms with Crippen molar-refractivity contribution < 1.29 is 14.3 Å². The molecule has 0 aliphatic heterocycles. The van der Waals surface area contributed by atoms with Gasteiger partial charge in [0.05, 0.1) is 11.4 Å². The number of carbonyl (C=O) groups is 2. The highest BCUT2D eigenvalue weighted by molar-refractivity contribution is 5.95. The lowest BCUT2D eigenvalue weighted by atomic mass is 9.92. The summed E-state index contributed by atoms with van der Waals surface area (Å²) in [6.45, 7) is 13.7. The molecule has 7 heteroatoms. The lowest BCUT2D eigenvalue weighted by Crippen LogP contribution is -2.40. The minimum atomic E-state index is -0.674. The van der Waals surface area contributed by atoms with E-state index in [2.05, 4.69) is 24.5 Å². The third-order valence-corrected chi connectivity index (χ3v) is 4.58. The number of urea groups is 1. The number of hydrogen-bond acceptors (Lipinski definition) is 4. The van der Waals surface area contributed by atoms with Crippen molar-refractivity contribution in [2.45, 2.75) is 67.0 Å². The number of amides is 3. The van der Waals surface area contributed by atoms with E-state index in [1.807, 2.05) is 58.9 Å². The zero-order valence-electron chi connectivity index (χ0n) is 19.6. The van der Waals surface area contributed by atoms with Crippen LogP contribution in [0.4, 0.5) is 15.3 Å². The van der Waals surface area contributed by atoms with Gasteiger partial charge in [0.25, 0.3) is 0 Å². The maximum Gasteiger partial charge on any atom is 0.407 e. The molecule has 0 unspecified atom stereocenters. The summed E-state index contributed by atoms with van der Waals surface area (Å²) in [5.74, 6) is 0.342. The van der Waals surface area contributed by atoms with Gasteiger partial charge in [-0.3, -0.25) is 4.98 Å². The third-order valence-electron chi connectivity index (χ3n) is 4.58. The molecule has 168 valence electrons. The molecular weight excluding hydrogens is 392 g/mol. The molecule has 1 heterocycles. The Morgan fingerprint density at radius 2 is 1.74 bits per heavy atom. The molecule has 0 aliphatic rings. The van der Waals surface area contributed by atoms with Crippen molar-refractivity contribution >= 4 is 17.8 Å². The monoisotopic (exact) mass is 426 g/mol. The number of nitrogens with two attached hydrogens (primary N) is 1. The minimum Gasteiger partial charge on any atom is -0.445 e. The molecule has 0 saturated heterocycles. The number of primary amides is 1. The summed E-state index contributed by atoms with van der Waals surface area (Å²) in [7, 11) is 0. The van der Waals surface area contributed by atoms with Gasteiger partial charge in [-0.25, -0.2) is 9.59 Å². The second-order valence-electron chi connectivity index (χ2n) is 9.28. The molecule has 2 rings (SSSR count). The lowest BCUT2D eigenvalue weighted by Gasteiger charge is -2.23. The Hall–Kier alpha value is -3.09. The summed E-state index contributed by atoms with van der Waals surface area (Å²) >= 11 is 0. The van der Waals surface area contributed by atoms with Crippen LogP contribution >= 0.6 is 0 Å². The molecule has 0 atom stereocenters. The summed E-state index contributed by atoms with van der Waals surface area (Å²) in [5, 5.41) is 5.53. The minimum absolute atomic E-state index is 0.0217. The summed E-state index contributed by atoms with van der Waals surface area (Å²) < 4.78 is 5.58. The second-order valence-corrected chi connectivity index (χ2v) is 9.28. The van der Waals surface area contributed by atoms with Crippen LogP contribution in [0.15, 0.2) is 24.3 Å². The van der Waals surface area contributed by atoms with Crippen LogP contribution in [-0.2, 0) is 17.8 Å². The van der Waals surface area contributed by atoms with Gasteiger partial charge in [-0.1, -0.05) is 43.7 Å². The molecule has 1 aromatic carbocycles. The van der Waals surface area contributed by atoms with E-state index in [0.717, 1.165) is 27.9 Å². The number of anilines is 1. The first-order valence-corrected chi connectivity index (χ1v) is 10.5. The molecule has 0 saturated carbocycles. The van der Waals surface area contributed by atoms with Gasteiger partial charge < -0.3 is 21.1 Å². The number of ether oxygens (including phenoxy) is 1. The number of aryl methyl sites for hydroxylation is 2. The summed E-state index contributed by atoms with van der Waals surface area (Å²) in [4.78, 5) is 28.8. The van der Waals surface area contributed by atoms with Crippen LogP contribution in [0.5, 0.6) is 0 Å². The van der Waals surface area contributed by atoms with Crippen LogP contribution in [0.25, 0.3) is 11.1 Å². The Balaban J connectivity index is 2.64. The van der Waals surface area contributed by atoms with Gasteiger partial charge in [-0.2, -0.15) is 0 Å². The number of pyridine rings is 1. The van der Waals surface area contributed by atoms with Crippen LogP contribution < -0.4 is 16.4 Å². The van der Waals surface area contributed by atoms with Crippen molar-refractivity contribution in [1.82, 2.24) is 10.3 Å². The van der Waals surface area contributed by atoms with Gasteiger partial charge in [0.2, 0.25) is 0 Å². The molecule has 3 amide bonds. The number of aromatic nitrogens is 1. The Morgan fingerprint density at radius 3 is 2.26 bits per heavy atom. The molecular formula is C24H34N4O3. The second kappa shape index (κ2) is 9.81. The van der Waals surface area contributed by atoms with E-state index >= 15 is 0 Å². The molecule has 31 heavy (non-hydrogen) atoms. The fraction of sp³-hybridized carbons (Fsp3) is 0.458. The third kappa shape index (κ3) is 6.98. The van der Waals surface area contributed by atoms with E-state index < -0.39 is 17.7 Å². The maximum atomic E-state index is 12.3. The van der Waals surface area contributed by atoms with Crippen molar-refractivity contribution in [3.05, 3.63) is 46.8 Å². The van der Waals surface area contributed by atoms with Crippen molar-refractivity contribution in [3.8, 4) is 11.1 Å². The first-order chi connectivity index (χ1) is 14.4. The Labute approximate surface area is 184 Å². The van der Waals surface area contributed by atoms with E-state index in [4.69, 9.17) is 15.5 Å². The average molecular weight is 427 g/mol.